The van der Waals surface area contributed by atoms with Crippen molar-refractivity contribution in [1.29, 1.82) is 0 Å². The lowest BCUT2D eigenvalue weighted by Crippen LogP contribution is -2.38. The van der Waals surface area contributed by atoms with Gasteiger partial charge in [0.25, 0.3) is 0 Å². The van der Waals surface area contributed by atoms with Crippen LogP contribution in [0, 0.1) is 5.92 Å². The summed E-state index contributed by atoms with van der Waals surface area (Å²) in [5, 5.41) is 6.48. The molecule has 2 N–H and O–H groups in total. The number of carbonyl (C=O) groups excluding carboxylic acids is 1. The smallest absolute Gasteiger partial charge is 0.305 e. The fourth-order valence-corrected chi connectivity index (χ4v) is 2.33. The van der Waals surface area contributed by atoms with Gasteiger partial charge in [0, 0.05) is 45.2 Å². The normalized spacial score (nSPS) is 17.0. The molecular weight excluding hydrogens is 437 g/mol. The number of esters is 1. The van der Waals surface area contributed by atoms with Crippen LogP contribution in [-0.4, -0.2) is 64.6 Å². The number of rotatable bonds is 12. The summed E-state index contributed by atoms with van der Waals surface area (Å²) in [6.07, 6.45) is 3.15. The largest absolute Gasteiger partial charge is 0.466 e. The van der Waals surface area contributed by atoms with E-state index in [1.54, 1.807) is 0 Å². The van der Waals surface area contributed by atoms with Crippen LogP contribution in [0.5, 0.6) is 0 Å². The molecule has 8 heteroatoms. The van der Waals surface area contributed by atoms with Crippen LogP contribution in [-0.2, 0) is 19.0 Å². The Morgan fingerprint density at radius 1 is 1.28 bits per heavy atom. The van der Waals surface area contributed by atoms with Crippen LogP contribution in [0.3, 0.4) is 0 Å². The zero-order chi connectivity index (χ0) is 17.5. The van der Waals surface area contributed by atoms with Crippen LogP contribution in [0.25, 0.3) is 0 Å². The zero-order valence-corrected chi connectivity index (χ0v) is 17.9. The highest BCUT2D eigenvalue weighted by Crippen LogP contribution is 2.12. The number of ether oxygens (including phenoxy) is 3. The average Bonchev–Trinajstić information content (AvgIpc) is 3.08. The Morgan fingerprint density at radius 3 is 2.80 bits per heavy atom. The predicted molar refractivity (Wildman–Crippen MR) is 110 cm³/mol. The van der Waals surface area contributed by atoms with Crippen molar-refractivity contribution in [3.63, 3.8) is 0 Å². The summed E-state index contributed by atoms with van der Waals surface area (Å²) in [5.74, 6) is 1.19. The Bertz CT molecular complexity index is 364. The van der Waals surface area contributed by atoms with E-state index in [1.165, 1.54) is 0 Å². The highest BCUT2D eigenvalue weighted by Gasteiger charge is 2.15. The zero-order valence-electron chi connectivity index (χ0n) is 15.6. The fourth-order valence-electron chi connectivity index (χ4n) is 2.33. The van der Waals surface area contributed by atoms with E-state index in [0.29, 0.717) is 31.9 Å². The molecule has 1 aliphatic rings. The SMILES string of the molecule is CCNC(=NCCCC(=O)OCC)NCCCOCC1CCOC1.I. The molecule has 0 aromatic heterocycles. The molecule has 0 aliphatic carbocycles. The van der Waals surface area contributed by atoms with Crippen LogP contribution in [0.2, 0.25) is 0 Å². The van der Waals surface area contributed by atoms with Gasteiger partial charge >= 0.3 is 5.97 Å². The van der Waals surface area contributed by atoms with Gasteiger partial charge in [-0.2, -0.15) is 0 Å². The molecule has 0 bridgehead atoms. The van der Waals surface area contributed by atoms with Crippen molar-refractivity contribution in [2.75, 3.05) is 52.7 Å². The van der Waals surface area contributed by atoms with Gasteiger partial charge in [0.15, 0.2) is 5.96 Å². The molecule has 0 spiro atoms. The minimum Gasteiger partial charge on any atom is -0.466 e. The van der Waals surface area contributed by atoms with Crippen molar-refractivity contribution in [1.82, 2.24) is 10.6 Å². The molecule has 148 valence electrons. The maximum absolute atomic E-state index is 11.3. The Morgan fingerprint density at radius 2 is 2.12 bits per heavy atom. The number of aliphatic imine (C=N–C) groups is 1. The molecule has 0 saturated carbocycles. The quantitative estimate of drug-likeness (QED) is 0.149. The second kappa shape index (κ2) is 16.8. The van der Waals surface area contributed by atoms with Crippen molar-refractivity contribution in [3.8, 4) is 0 Å². The number of guanidine groups is 1. The first-order valence-electron chi connectivity index (χ1n) is 9.09. The van der Waals surface area contributed by atoms with Crippen molar-refractivity contribution < 1.29 is 19.0 Å². The molecule has 25 heavy (non-hydrogen) atoms. The summed E-state index contributed by atoms with van der Waals surface area (Å²) < 4.78 is 15.9. The first kappa shape index (κ1) is 24.4. The molecular formula is C17H34IN3O4. The van der Waals surface area contributed by atoms with Crippen molar-refractivity contribution >= 4 is 35.9 Å². The number of nitrogens with zero attached hydrogens (tertiary/aromatic N) is 1. The molecule has 0 radical (unpaired) electrons. The lowest BCUT2D eigenvalue weighted by atomic mass is 10.1. The van der Waals surface area contributed by atoms with Gasteiger partial charge in [-0.3, -0.25) is 9.79 Å². The Hall–Kier alpha value is -0.610. The van der Waals surface area contributed by atoms with Gasteiger partial charge in [-0.15, -0.1) is 24.0 Å². The number of hydrogen-bond donors (Lipinski definition) is 2. The van der Waals surface area contributed by atoms with Gasteiger partial charge in [-0.05, 0) is 33.1 Å². The second-order valence-corrected chi connectivity index (χ2v) is 5.75. The highest BCUT2D eigenvalue weighted by atomic mass is 127. The molecule has 7 nitrogen and oxygen atoms in total. The van der Waals surface area contributed by atoms with E-state index >= 15 is 0 Å². The molecule has 1 aliphatic heterocycles. The van der Waals surface area contributed by atoms with Gasteiger partial charge in [-0.25, -0.2) is 0 Å². The molecule has 1 atom stereocenters. The van der Waals surface area contributed by atoms with Crippen molar-refractivity contribution in [3.05, 3.63) is 0 Å². The van der Waals surface area contributed by atoms with E-state index in [1.807, 2.05) is 13.8 Å². The van der Waals surface area contributed by atoms with Gasteiger partial charge in [0.2, 0.25) is 0 Å². The van der Waals surface area contributed by atoms with Crippen molar-refractivity contribution in [2.24, 2.45) is 10.9 Å². The maximum Gasteiger partial charge on any atom is 0.305 e. The van der Waals surface area contributed by atoms with E-state index in [2.05, 4.69) is 15.6 Å². The highest BCUT2D eigenvalue weighted by molar-refractivity contribution is 14.0. The van der Waals surface area contributed by atoms with Crippen LogP contribution in [0.1, 0.15) is 39.5 Å². The molecule has 1 saturated heterocycles. The fraction of sp³-hybridized carbons (Fsp3) is 0.882. The van der Waals surface area contributed by atoms with E-state index < -0.39 is 0 Å². The summed E-state index contributed by atoms with van der Waals surface area (Å²) >= 11 is 0. The summed E-state index contributed by atoms with van der Waals surface area (Å²) in [7, 11) is 0. The third-order valence-corrected chi connectivity index (χ3v) is 3.59. The third kappa shape index (κ3) is 13.3. The van der Waals surface area contributed by atoms with Crippen LogP contribution in [0.15, 0.2) is 4.99 Å². The topological polar surface area (TPSA) is 81.2 Å². The Labute approximate surface area is 168 Å². The van der Waals surface area contributed by atoms with E-state index in [-0.39, 0.29) is 29.9 Å². The minimum absolute atomic E-state index is 0. The van der Waals surface area contributed by atoms with E-state index in [9.17, 15) is 4.79 Å². The summed E-state index contributed by atoms with van der Waals surface area (Å²) in [6.45, 7) is 9.74. The molecule has 1 unspecified atom stereocenters. The van der Waals surface area contributed by atoms with Crippen LogP contribution >= 0.6 is 24.0 Å². The minimum atomic E-state index is -0.157. The standard InChI is InChI=1S/C17H33N3O4.HI/c1-3-18-17(19-9-5-7-16(21)24-4-2)20-10-6-11-22-13-15-8-12-23-14-15;/h15H,3-14H2,1-2H3,(H2,18,19,20);1H. The average molecular weight is 471 g/mol. The lowest BCUT2D eigenvalue weighted by Gasteiger charge is -2.12. The van der Waals surface area contributed by atoms with Gasteiger partial charge in [0.1, 0.15) is 0 Å². The van der Waals surface area contributed by atoms with Crippen LogP contribution < -0.4 is 10.6 Å². The molecule has 1 fully saturated rings. The number of carbonyl (C=O) groups is 1. The molecule has 1 rings (SSSR count). The van der Waals surface area contributed by atoms with Gasteiger partial charge in [-0.1, -0.05) is 0 Å². The molecule has 0 aromatic carbocycles. The maximum atomic E-state index is 11.3. The summed E-state index contributed by atoms with van der Waals surface area (Å²) in [6, 6.07) is 0. The van der Waals surface area contributed by atoms with Gasteiger partial charge < -0.3 is 24.8 Å². The number of halogens is 1. The van der Waals surface area contributed by atoms with Gasteiger partial charge in [0.05, 0.1) is 19.8 Å². The third-order valence-electron chi connectivity index (χ3n) is 3.59. The molecule has 1 heterocycles. The Kier molecular flexibility index (Phi) is 16.4. The van der Waals surface area contributed by atoms with Crippen molar-refractivity contribution in [2.45, 2.75) is 39.5 Å². The van der Waals surface area contributed by atoms with Crippen LogP contribution in [0.4, 0.5) is 0 Å². The summed E-state index contributed by atoms with van der Waals surface area (Å²) in [4.78, 5) is 15.7. The second-order valence-electron chi connectivity index (χ2n) is 5.75. The Balaban J connectivity index is 0.00000576. The lowest BCUT2D eigenvalue weighted by molar-refractivity contribution is -0.143. The monoisotopic (exact) mass is 471 g/mol. The number of hydrogen-bond acceptors (Lipinski definition) is 5. The first-order chi connectivity index (χ1) is 11.8. The van der Waals surface area contributed by atoms with E-state index in [0.717, 1.165) is 58.3 Å². The summed E-state index contributed by atoms with van der Waals surface area (Å²) in [5.41, 5.74) is 0. The molecule has 0 amide bonds. The first-order valence-corrected chi connectivity index (χ1v) is 9.09. The number of nitrogens with one attached hydrogen (secondary N) is 2. The predicted octanol–water partition coefficient (Wildman–Crippen LogP) is 1.95. The van der Waals surface area contributed by atoms with E-state index in [4.69, 9.17) is 14.2 Å². The molecule has 0 aromatic rings.